The van der Waals surface area contributed by atoms with Crippen LogP contribution in [-0.2, 0) is 21.4 Å². The second kappa shape index (κ2) is 7.55. The van der Waals surface area contributed by atoms with E-state index in [0.29, 0.717) is 31.6 Å². The van der Waals surface area contributed by atoms with E-state index < -0.39 is 21.8 Å². The van der Waals surface area contributed by atoms with Crippen LogP contribution < -0.4 is 5.32 Å². The minimum Gasteiger partial charge on any atom is -0.336 e. The van der Waals surface area contributed by atoms with Gasteiger partial charge in [-0.1, -0.05) is 6.07 Å². The SMILES string of the molecule is CCn1cnc(S(=O)(=O)N2CCC[C@@H](C(=O)Nc3cccc(F)c3)C2)c1. The number of imidazole rings is 1. The quantitative estimate of drug-likeness (QED) is 0.861. The number of nitrogens with zero attached hydrogens (tertiary/aromatic N) is 3. The summed E-state index contributed by atoms with van der Waals surface area (Å²) in [5.41, 5.74) is 0.358. The number of hydrogen-bond donors (Lipinski definition) is 1. The Morgan fingerprint density at radius 1 is 1.42 bits per heavy atom. The minimum absolute atomic E-state index is 0.00876. The molecular weight excluding hydrogens is 359 g/mol. The van der Waals surface area contributed by atoms with E-state index >= 15 is 0 Å². The van der Waals surface area contributed by atoms with Gasteiger partial charge in [0.05, 0.1) is 12.2 Å². The molecule has 140 valence electrons. The molecular formula is C17H21FN4O3S. The third-order valence-corrected chi connectivity index (χ3v) is 6.18. The van der Waals surface area contributed by atoms with Crippen molar-refractivity contribution in [2.45, 2.75) is 31.3 Å². The van der Waals surface area contributed by atoms with Gasteiger partial charge in [-0.15, -0.1) is 0 Å². The fourth-order valence-corrected chi connectivity index (χ4v) is 4.42. The van der Waals surface area contributed by atoms with Crippen LogP contribution in [0.1, 0.15) is 19.8 Å². The summed E-state index contributed by atoms with van der Waals surface area (Å²) >= 11 is 0. The van der Waals surface area contributed by atoms with Crippen LogP contribution in [0, 0.1) is 11.7 Å². The molecule has 0 radical (unpaired) electrons. The van der Waals surface area contributed by atoms with Gasteiger partial charge in [0.25, 0.3) is 10.0 Å². The maximum absolute atomic E-state index is 13.2. The summed E-state index contributed by atoms with van der Waals surface area (Å²) in [7, 11) is -3.74. The standard InChI is InChI=1S/C17H21FN4O3S/c1-2-21-11-16(19-12-21)26(24,25)22-8-4-5-13(10-22)17(23)20-15-7-3-6-14(18)9-15/h3,6-7,9,11-13H,2,4-5,8,10H2,1H3,(H,20,23)/t13-/m1/s1. The number of anilines is 1. The molecule has 9 heteroatoms. The van der Waals surface area contributed by atoms with Crippen molar-refractivity contribution >= 4 is 21.6 Å². The average Bonchev–Trinajstić information content (AvgIpc) is 3.12. The number of piperidine rings is 1. The Kier molecular flexibility index (Phi) is 5.38. The number of halogens is 1. The third kappa shape index (κ3) is 3.94. The summed E-state index contributed by atoms with van der Waals surface area (Å²) in [5, 5.41) is 2.65. The van der Waals surface area contributed by atoms with Crippen molar-refractivity contribution < 1.29 is 17.6 Å². The molecule has 0 saturated carbocycles. The van der Waals surface area contributed by atoms with Crippen LogP contribution in [0.3, 0.4) is 0 Å². The van der Waals surface area contributed by atoms with Crippen molar-refractivity contribution in [3.63, 3.8) is 0 Å². The highest BCUT2D eigenvalue weighted by atomic mass is 32.2. The lowest BCUT2D eigenvalue weighted by Gasteiger charge is -2.30. The summed E-state index contributed by atoms with van der Waals surface area (Å²) in [6.45, 7) is 2.96. The zero-order chi connectivity index (χ0) is 18.7. The van der Waals surface area contributed by atoms with Crippen molar-refractivity contribution in [3.05, 3.63) is 42.6 Å². The topological polar surface area (TPSA) is 84.3 Å². The number of hydrogen-bond acceptors (Lipinski definition) is 4. The van der Waals surface area contributed by atoms with Gasteiger partial charge in [-0.3, -0.25) is 4.79 Å². The molecule has 0 spiro atoms. The van der Waals surface area contributed by atoms with Crippen LogP contribution in [-0.4, -0.2) is 41.3 Å². The molecule has 1 aliphatic heterocycles. The van der Waals surface area contributed by atoms with Crippen LogP contribution in [0.5, 0.6) is 0 Å². The first-order chi connectivity index (χ1) is 12.4. The van der Waals surface area contributed by atoms with Crippen LogP contribution in [0.4, 0.5) is 10.1 Å². The summed E-state index contributed by atoms with van der Waals surface area (Å²) < 4.78 is 41.7. The van der Waals surface area contributed by atoms with E-state index in [-0.39, 0.29) is 17.5 Å². The number of carbonyl (C=O) groups is 1. The summed E-state index contributed by atoms with van der Waals surface area (Å²) in [4.78, 5) is 16.4. The van der Waals surface area contributed by atoms with Crippen molar-refractivity contribution in [2.24, 2.45) is 5.92 Å². The summed E-state index contributed by atoms with van der Waals surface area (Å²) in [5.74, 6) is -1.24. The average molecular weight is 380 g/mol. The Morgan fingerprint density at radius 2 is 2.23 bits per heavy atom. The second-order valence-corrected chi connectivity index (χ2v) is 8.13. The summed E-state index contributed by atoms with van der Waals surface area (Å²) in [6, 6.07) is 5.62. The number of benzene rings is 1. The zero-order valence-electron chi connectivity index (χ0n) is 14.4. The molecule has 2 heterocycles. The Labute approximate surface area is 151 Å². The van der Waals surface area contributed by atoms with Crippen molar-refractivity contribution in [3.8, 4) is 0 Å². The minimum atomic E-state index is -3.74. The Hall–Kier alpha value is -2.26. The highest BCUT2D eigenvalue weighted by Crippen LogP contribution is 2.24. The van der Waals surface area contributed by atoms with Gasteiger partial charge in [-0.2, -0.15) is 4.31 Å². The normalized spacial score (nSPS) is 18.6. The first-order valence-electron chi connectivity index (χ1n) is 8.48. The number of aromatic nitrogens is 2. The molecule has 1 fully saturated rings. The Balaban J connectivity index is 1.71. The van der Waals surface area contributed by atoms with E-state index in [1.165, 1.54) is 35.0 Å². The van der Waals surface area contributed by atoms with E-state index in [0.717, 1.165) is 0 Å². The molecule has 0 bridgehead atoms. The Bertz CT molecular complexity index is 897. The fraction of sp³-hybridized carbons (Fsp3) is 0.412. The van der Waals surface area contributed by atoms with Gasteiger partial charge < -0.3 is 9.88 Å². The van der Waals surface area contributed by atoms with Crippen molar-refractivity contribution in [1.29, 1.82) is 0 Å². The molecule has 1 N–H and O–H groups in total. The van der Waals surface area contributed by atoms with Gasteiger partial charge in [0.2, 0.25) is 5.91 Å². The lowest BCUT2D eigenvalue weighted by Crippen LogP contribution is -2.43. The van der Waals surface area contributed by atoms with E-state index in [1.54, 1.807) is 10.6 Å². The number of carbonyl (C=O) groups excluding carboxylic acids is 1. The molecule has 1 aromatic heterocycles. The number of rotatable bonds is 5. The first kappa shape index (κ1) is 18.5. The number of sulfonamides is 1. The Morgan fingerprint density at radius 3 is 2.92 bits per heavy atom. The van der Waals surface area contributed by atoms with Gasteiger partial charge in [0, 0.05) is 31.5 Å². The molecule has 1 aliphatic rings. The van der Waals surface area contributed by atoms with Gasteiger partial charge in [0.1, 0.15) is 5.82 Å². The van der Waals surface area contributed by atoms with Gasteiger partial charge in [-0.25, -0.2) is 17.8 Å². The molecule has 1 atom stereocenters. The summed E-state index contributed by atoms with van der Waals surface area (Å²) in [6.07, 6.45) is 4.13. The van der Waals surface area contributed by atoms with E-state index in [4.69, 9.17) is 0 Å². The molecule has 3 rings (SSSR count). The van der Waals surface area contributed by atoms with Crippen molar-refractivity contribution in [2.75, 3.05) is 18.4 Å². The molecule has 1 saturated heterocycles. The highest BCUT2D eigenvalue weighted by molar-refractivity contribution is 7.89. The van der Waals surface area contributed by atoms with Gasteiger partial charge >= 0.3 is 0 Å². The smallest absolute Gasteiger partial charge is 0.262 e. The zero-order valence-corrected chi connectivity index (χ0v) is 15.2. The predicted octanol–water partition coefficient (Wildman–Crippen LogP) is 2.08. The van der Waals surface area contributed by atoms with Gasteiger partial charge in [-0.05, 0) is 38.0 Å². The molecule has 1 aromatic carbocycles. The van der Waals surface area contributed by atoms with E-state index in [9.17, 15) is 17.6 Å². The molecule has 7 nitrogen and oxygen atoms in total. The van der Waals surface area contributed by atoms with Crippen LogP contribution in [0.2, 0.25) is 0 Å². The molecule has 0 aliphatic carbocycles. The van der Waals surface area contributed by atoms with Crippen LogP contribution >= 0.6 is 0 Å². The lowest BCUT2D eigenvalue weighted by atomic mass is 9.99. The maximum atomic E-state index is 13.2. The van der Waals surface area contributed by atoms with E-state index in [2.05, 4.69) is 10.3 Å². The fourth-order valence-electron chi connectivity index (χ4n) is 2.96. The monoisotopic (exact) mass is 380 g/mol. The maximum Gasteiger partial charge on any atom is 0.262 e. The molecule has 2 aromatic rings. The largest absolute Gasteiger partial charge is 0.336 e. The van der Waals surface area contributed by atoms with Gasteiger partial charge in [0.15, 0.2) is 5.03 Å². The van der Waals surface area contributed by atoms with Crippen LogP contribution in [0.25, 0.3) is 0 Å². The second-order valence-electron chi connectivity index (χ2n) is 6.24. The first-order valence-corrected chi connectivity index (χ1v) is 9.92. The third-order valence-electron chi connectivity index (χ3n) is 4.43. The number of nitrogens with one attached hydrogen (secondary N) is 1. The number of amides is 1. The predicted molar refractivity (Wildman–Crippen MR) is 94.4 cm³/mol. The van der Waals surface area contributed by atoms with E-state index in [1.807, 2.05) is 6.92 Å². The molecule has 0 unspecified atom stereocenters. The van der Waals surface area contributed by atoms with Crippen molar-refractivity contribution in [1.82, 2.24) is 13.9 Å². The molecule has 26 heavy (non-hydrogen) atoms. The highest BCUT2D eigenvalue weighted by Gasteiger charge is 2.34. The lowest BCUT2D eigenvalue weighted by molar-refractivity contribution is -0.120. The number of aryl methyl sites for hydroxylation is 1. The van der Waals surface area contributed by atoms with Crippen LogP contribution in [0.15, 0.2) is 41.8 Å². The molecule has 1 amide bonds.